The molecule has 0 unspecified atom stereocenters. The van der Waals surface area contributed by atoms with Crippen molar-refractivity contribution in [2.45, 2.75) is 26.6 Å². The lowest BCUT2D eigenvalue weighted by Gasteiger charge is -1.91. The predicted octanol–water partition coefficient (Wildman–Crippen LogP) is 1.17. The standard InChI is InChI=1S/2C4H6O2.C4H8O2/c2*1-3(2)4(5)6;1-2-3-4(5)6/h2*1H2,2H3,(H,5,6);2,4-6H,1,3H2. The number of aliphatic hydroxyl groups excluding tert-OH is 1. The van der Waals surface area contributed by atoms with Gasteiger partial charge in [-0.25, -0.2) is 9.59 Å². The first kappa shape index (κ1) is 21.4. The molecule has 0 spiro atoms. The maximum atomic E-state index is 9.60. The lowest BCUT2D eigenvalue weighted by Crippen LogP contribution is -1.99. The second kappa shape index (κ2) is 13.1. The third-order valence-corrected chi connectivity index (χ3v) is 1.11. The molecule has 0 rings (SSSR count). The van der Waals surface area contributed by atoms with Gasteiger partial charge in [-0.15, -0.1) is 6.58 Å². The van der Waals surface area contributed by atoms with E-state index in [1.807, 2.05) is 0 Å². The van der Waals surface area contributed by atoms with Gasteiger partial charge in [0, 0.05) is 17.6 Å². The SMILES string of the molecule is C=C(C)C(=O)O.C=C(C)C(=O)O.C=CCC(O)O. The Kier molecular flexibility index (Phi) is 15.6. The van der Waals surface area contributed by atoms with Gasteiger partial charge in [-0.05, 0) is 13.8 Å². The van der Waals surface area contributed by atoms with Crippen molar-refractivity contribution in [1.29, 1.82) is 0 Å². The van der Waals surface area contributed by atoms with Gasteiger partial charge in [-0.2, -0.15) is 0 Å². The van der Waals surface area contributed by atoms with Crippen molar-refractivity contribution in [2.75, 3.05) is 0 Å². The summed E-state index contributed by atoms with van der Waals surface area (Å²) >= 11 is 0. The smallest absolute Gasteiger partial charge is 0.330 e. The molecule has 0 aliphatic rings. The number of carbonyl (C=O) groups is 2. The Morgan fingerprint density at radius 2 is 1.28 bits per heavy atom. The van der Waals surface area contributed by atoms with Crippen LogP contribution in [0.15, 0.2) is 37.0 Å². The number of aliphatic carboxylic acids is 2. The second-order valence-electron chi connectivity index (χ2n) is 3.18. The highest BCUT2D eigenvalue weighted by Gasteiger charge is 1.90. The van der Waals surface area contributed by atoms with Gasteiger partial charge in [0.15, 0.2) is 6.29 Å². The Hall–Kier alpha value is -1.92. The highest BCUT2D eigenvalue weighted by molar-refractivity contribution is 5.85. The molecule has 0 radical (unpaired) electrons. The zero-order valence-electron chi connectivity index (χ0n) is 10.6. The van der Waals surface area contributed by atoms with Gasteiger partial charge in [-0.3, -0.25) is 0 Å². The Bertz CT molecular complexity index is 256. The van der Waals surface area contributed by atoms with Crippen LogP contribution < -0.4 is 0 Å². The van der Waals surface area contributed by atoms with E-state index in [2.05, 4.69) is 19.7 Å². The fourth-order valence-electron chi connectivity index (χ4n) is 0.149. The highest BCUT2D eigenvalue weighted by Crippen LogP contribution is 1.82. The predicted molar refractivity (Wildman–Crippen MR) is 67.9 cm³/mol. The van der Waals surface area contributed by atoms with E-state index in [1.54, 1.807) is 0 Å². The van der Waals surface area contributed by atoms with E-state index in [-0.39, 0.29) is 17.6 Å². The van der Waals surface area contributed by atoms with E-state index < -0.39 is 18.2 Å². The summed E-state index contributed by atoms with van der Waals surface area (Å²) in [7, 11) is 0. The van der Waals surface area contributed by atoms with Gasteiger partial charge in [0.2, 0.25) is 0 Å². The number of aliphatic hydroxyl groups is 2. The van der Waals surface area contributed by atoms with E-state index in [9.17, 15) is 9.59 Å². The van der Waals surface area contributed by atoms with Crippen LogP contribution in [0.2, 0.25) is 0 Å². The average Bonchev–Trinajstić information content (AvgIpc) is 2.18. The number of hydrogen-bond acceptors (Lipinski definition) is 4. The van der Waals surface area contributed by atoms with E-state index in [4.69, 9.17) is 20.4 Å². The summed E-state index contributed by atoms with van der Waals surface area (Å²) in [5.41, 5.74) is 0.352. The molecule has 0 aromatic rings. The van der Waals surface area contributed by atoms with Crippen LogP contribution in [0.4, 0.5) is 0 Å². The Balaban J connectivity index is -0.000000187. The molecule has 6 nitrogen and oxygen atoms in total. The molecule has 0 atom stereocenters. The minimum Gasteiger partial charge on any atom is -0.478 e. The molecule has 18 heavy (non-hydrogen) atoms. The third-order valence-electron chi connectivity index (χ3n) is 1.11. The van der Waals surface area contributed by atoms with Crippen molar-refractivity contribution in [2.24, 2.45) is 0 Å². The largest absolute Gasteiger partial charge is 0.478 e. The van der Waals surface area contributed by atoms with Gasteiger partial charge >= 0.3 is 11.9 Å². The molecular formula is C12H20O6. The summed E-state index contributed by atoms with van der Waals surface area (Å²) in [6.45, 7) is 12.5. The second-order valence-corrected chi connectivity index (χ2v) is 3.18. The average molecular weight is 260 g/mol. The topological polar surface area (TPSA) is 115 Å². The quantitative estimate of drug-likeness (QED) is 0.342. The Morgan fingerprint density at radius 3 is 1.28 bits per heavy atom. The van der Waals surface area contributed by atoms with Crippen LogP contribution in [-0.2, 0) is 9.59 Å². The molecule has 0 bridgehead atoms. The van der Waals surface area contributed by atoms with E-state index in [0.717, 1.165) is 0 Å². The van der Waals surface area contributed by atoms with Crippen molar-refractivity contribution in [3.05, 3.63) is 37.0 Å². The van der Waals surface area contributed by atoms with Crippen LogP contribution in [0.1, 0.15) is 20.3 Å². The molecule has 6 heteroatoms. The van der Waals surface area contributed by atoms with E-state index in [0.29, 0.717) is 0 Å². The summed E-state index contributed by atoms with van der Waals surface area (Å²) in [5.74, 6) is -1.87. The first-order chi connectivity index (χ1) is 8.06. The fraction of sp³-hybridized carbons (Fsp3) is 0.333. The summed E-state index contributed by atoms with van der Waals surface area (Å²) in [6, 6.07) is 0. The zero-order valence-corrected chi connectivity index (χ0v) is 10.6. The summed E-state index contributed by atoms with van der Waals surface area (Å²) in [4.78, 5) is 19.2. The lowest BCUT2D eigenvalue weighted by molar-refractivity contribution is -0.133. The Labute approximate surface area is 106 Å². The van der Waals surface area contributed by atoms with Crippen LogP contribution in [0, 0.1) is 0 Å². The highest BCUT2D eigenvalue weighted by atomic mass is 16.5. The van der Waals surface area contributed by atoms with Gasteiger partial charge in [0.05, 0.1) is 0 Å². The molecule has 0 aromatic heterocycles. The van der Waals surface area contributed by atoms with Crippen molar-refractivity contribution < 1.29 is 30.0 Å². The minimum absolute atomic E-state index is 0.176. The van der Waals surface area contributed by atoms with E-state index in [1.165, 1.54) is 19.9 Å². The molecule has 0 aromatic carbocycles. The molecule has 0 aliphatic carbocycles. The normalized spacial score (nSPS) is 8.06. The third kappa shape index (κ3) is 29.2. The van der Waals surface area contributed by atoms with Crippen LogP contribution in [0.5, 0.6) is 0 Å². The molecule has 104 valence electrons. The molecule has 0 saturated carbocycles. The van der Waals surface area contributed by atoms with Crippen molar-refractivity contribution >= 4 is 11.9 Å². The van der Waals surface area contributed by atoms with Gasteiger partial charge in [-0.1, -0.05) is 19.2 Å². The van der Waals surface area contributed by atoms with Crippen LogP contribution in [0.25, 0.3) is 0 Å². The van der Waals surface area contributed by atoms with Gasteiger partial charge in [0.25, 0.3) is 0 Å². The lowest BCUT2D eigenvalue weighted by atomic mass is 10.4. The molecule has 0 saturated heterocycles. The first-order valence-electron chi connectivity index (χ1n) is 4.80. The molecule has 0 aliphatic heterocycles. The first-order valence-corrected chi connectivity index (χ1v) is 4.80. The molecule has 0 heterocycles. The summed E-state index contributed by atoms with van der Waals surface area (Å²) in [5, 5.41) is 31.9. The van der Waals surface area contributed by atoms with E-state index >= 15 is 0 Å². The minimum atomic E-state index is -1.22. The van der Waals surface area contributed by atoms with Crippen LogP contribution in [0.3, 0.4) is 0 Å². The molecule has 4 N–H and O–H groups in total. The fourth-order valence-corrected chi connectivity index (χ4v) is 0.149. The molecular weight excluding hydrogens is 240 g/mol. The van der Waals surface area contributed by atoms with Gasteiger partial charge < -0.3 is 20.4 Å². The Morgan fingerprint density at radius 1 is 1.06 bits per heavy atom. The van der Waals surface area contributed by atoms with Crippen LogP contribution >= 0.6 is 0 Å². The number of rotatable bonds is 4. The monoisotopic (exact) mass is 260 g/mol. The number of carboxylic acid groups (broad SMARTS) is 2. The summed E-state index contributed by atoms with van der Waals surface area (Å²) in [6.07, 6.45) is 0.479. The zero-order chi connectivity index (χ0) is 15.3. The maximum Gasteiger partial charge on any atom is 0.330 e. The van der Waals surface area contributed by atoms with Crippen molar-refractivity contribution in [3.8, 4) is 0 Å². The molecule has 0 amide bonds. The van der Waals surface area contributed by atoms with Crippen molar-refractivity contribution in [3.63, 3.8) is 0 Å². The molecule has 0 fully saturated rings. The van der Waals surface area contributed by atoms with Gasteiger partial charge in [0.1, 0.15) is 0 Å². The van der Waals surface area contributed by atoms with Crippen molar-refractivity contribution in [1.82, 2.24) is 0 Å². The number of carboxylic acids is 2. The summed E-state index contributed by atoms with van der Waals surface area (Å²) < 4.78 is 0. The maximum absolute atomic E-state index is 9.60. The van der Waals surface area contributed by atoms with Crippen LogP contribution in [-0.4, -0.2) is 38.7 Å². The number of hydrogen-bond donors (Lipinski definition) is 4.